The van der Waals surface area contributed by atoms with E-state index in [1.807, 2.05) is 36.7 Å². The predicted octanol–water partition coefficient (Wildman–Crippen LogP) is 3.39. The van der Waals surface area contributed by atoms with Crippen molar-refractivity contribution < 1.29 is 9.84 Å². The Morgan fingerprint density at radius 1 is 1.12 bits per heavy atom. The topological polar surface area (TPSA) is 63.1 Å². The van der Waals surface area contributed by atoms with Crippen molar-refractivity contribution in [3.8, 4) is 22.8 Å². The summed E-state index contributed by atoms with van der Waals surface area (Å²) in [5.41, 5.74) is 3.13. The largest absolute Gasteiger partial charge is 0.491 e. The van der Waals surface area contributed by atoms with Gasteiger partial charge in [-0.3, -0.25) is 4.57 Å². The number of H-pyrrole nitrogens is 1. The van der Waals surface area contributed by atoms with Gasteiger partial charge in [-0.1, -0.05) is 12.1 Å². The molecule has 0 saturated carbocycles. The van der Waals surface area contributed by atoms with Crippen LogP contribution in [0.5, 0.6) is 5.75 Å². The standard InChI is InChI=1S/C19H17N3O2/c23-10-11-24-17-3-1-2-15(13-17)19-21-8-9-22(19)16-4-5-18-14(12-16)6-7-20-18/h1-9,12-13,20,23H,10-11H2. The summed E-state index contributed by atoms with van der Waals surface area (Å²) in [6, 6.07) is 16.0. The van der Waals surface area contributed by atoms with E-state index in [2.05, 4.69) is 38.8 Å². The Morgan fingerprint density at radius 2 is 2.08 bits per heavy atom. The van der Waals surface area contributed by atoms with Gasteiger partial charge in [-0.25, -0.2) is 4.98 Å². The third kappa shape index (κ3) is 2.66. The van der Waals surface area contributed by atoms with Gasteiger partial charge in [0.1, 0.15) is 18.2 Å². The molecule has 5 heteroatoms. The van der Waals surface area contributed by atoms with Crippen LogP contribution in [-0.2, 0) is 0 Å². The number of rotatable bonds is 5. The van der Waals surface area contributed by atoms with Crippen LogP contribution < -0.4 is 4.74 Å². The van der Waals surface area contributed by atoms with E-state index < -0.39 is 0 Å². The van der Waals surface area contributed by atoms with E-state index in [1.165, 1.54) is 0 Å². The van der Waals surface area contributed by atoms with E-state index in [-0.39, 0.29) is 13.2 Å². The minimum atomic E-state index is -0.00443. The molecule has 2 aromatic carbocycles. The number of nitrogens with one attached hydrogen (secondary N) is 1. The van der Waals surface area contributed by atoms with E-state index in [9.17, 15) is 0 Å². The molecule has 0 unspecified atom stereocenters. The van der Waals surface area contributed by atoms with Crippen molar-refractivity contribution in [2.45, 2.75) is 0 Å². The first-order chi connectivity index (χ1) is 11.8. The highest BCUT2D eigenvalue weighted by Gasteiger charge is 2.09. The van der Waals surface area contributed by atoms with Gasteiger partial charge in [-0.05, 0) is 36.4 Å². The van der Waals surface area contributed by atoms with E-state index in [1.54, 1.807) is 6.20 Å². The monoisotopic (exact) mass is 319 g/mol. The van der Waals surface area contributed by atoms with E-state index in [0.29, 0.717) is 0 Å². The van der Waals surface area contributed by atoms with Crippen molar-refractivity contribution in [1.82, 2.24) is 14.5 Å². The first kappa shape index (κ1) is 14.5. The molecule has 0 aliphatic carbocycles. The van der Waals surface area contributed by atoms with E-state index in [0.717, 1.165) is 33.7 Å². The molecule has 120 valence electrons. The van der Waals surface area contributed by atoms with Crippen molar-refractivity contribution in [2.75, 3.05) is 13.2 Å². The Hall–Kier alpha value is -3.05. The quantitative estimate of drug-likeness (QED) is 0.593. The number of fused-ring (bicyclic) bond motifs is 1. The summed E-state index contributed by atoms with van der Waals surface area (Å²) >= 11 is 0. The van der Waals surface area contributed by atoms with Crippen LogP contribution in [-0.4, -0.2) is 32.9 Å². The number of aliphatic hydroxyl groups excluding tert-OH is 1. The number of aromatic amines is 1. The van der Waals surface area contributed by atoms with Crippen LogP contribution in [0.4, 0.5) is 0 Å². The Morgan fingerprint density at radius 3 is 3.00 bits per heavy atom. The van der Waals surface area contributed by atoms with Crippen LogP contribution in [0.15, 0.2) is 67.1 Å². The molecule has 0 amide bonds. The lowest BCUT2D eigenvalue weighted by Crippen LogP contribution is -2.02. The lowest BCUT2D eigenvalue weighted by Gasteiger charge is -2.10. The molecule has 24 heavy (non-hydrogen) atoms. The number of benzene rings is 2. The summed E-state index contributed by atoms with van der Waals surface area (Å²) in [4.78, 5) is 7.71. The Bertz CT molecular complexity index is 971. The average molecular weight is 319 g/mol. The summed E-state index contributed by atoms with van der Waals surface area (Å²) in [7, 11) is 0. The molecule has 4 aromatic rings. The number of hydrogen-bond donors (Lipinski definition) is 2. The number of hydrogen-bond acceptors (Lipinski definition) is 3. The lowest BCUT2D eigenvalue weighted by atomic mass is 10.2. The van der Waals surface area contributed by atoms with Gasteiger partial charge in [-0.2, -0.15) is 0 Å². The second-order valence-electron chi connectivity index (χ2n) is 5.47. The van der Waals surface area contributed by atoms with Crippen LogP contribution in [0.2, 0.25) is 0 Å². The Balaban J connectivity index is 1.74. The third-order valence-electron chi connectivity index (χ3n) is 3.91. The summed E-state index contributed by atoms with van der Waals surface area (Å²) in [5.74, 6) is 1.57. The number of aliphatic hydroxyl groups is 1. The van der Waals surface area contributed by atoms with Crippen molar-refractivity contribution in [2.24, 2.45) is 0 Å². The molecule has 0 aliphatic rings. The van der Waals surface area contributed by atoms with Crippen LogP contribution in [0.3, 0.4) is 0 Å². The summed E-state index contributed by atoms with van der Waals surface area (Å²) in [6.07, 6.45) is 5.67. The first-order valence-corrected chi connectivity index (χ1v) is 7.80. The highest BCUT2D eigenvalue weighted by atomic mass is 16.5. The first-order valence-electron chi connectivity index (χ1n) is 7.80. The number of nitrogens with zero attached hydrogens (tertiary/aromatic N) is 2. The molecular formula is C19H17N3O2. The fourth-order valence-electron chi connectivity index (χ4n) is 2.80. The molecule has 2 aromatic heterocycles. The molecule has 0 fully saturated rings. The zero-order chi connectivity index (χ0) is 16.4. The average Bonchev–Trinajstić information content (AvgIpc) is 3.28. The van der Waals surface area contributed by atoms with Gasteiger partial charge in [0.2, 0.25) is 0 Å². The maximum Gasteiger partial charge on any atom is 0.144 e. The van der Waals surface area contributed by atoms with Gasteiger partial charge in [0, 0.05) is 40.7 Å². The Labute approximate surface area is 139 Å². The minimum absolute atomic E-state index is 0.00443. The lowest BCUT2D eigenvalue weighted by molar-refractivity contribution is 0.201. The van der Waals surface area contributed by atoms with Crippen molar-refractivity contribution in [1.29, 1.82) is 0 Å². The molecule has 2 N–H and O–H groups in total. The summed E-state index contributed by atoms with van der Waals surface area (Å²) < 4.78 is 7.55. The molecule has 0 spiro atoms. The number of aromatic nitrogens is 3. The van der Waals surface area contributed by atoms with Gasteiger partial charge in [0.05, 0.1) is 6.61 Å². The zero-order valence-electron chi connectivity index (χ0n) is 13.0. The predicted molar refractivity (Wildman–Crippen MR) is 93.4 cm³/mol. The van der Waals surface area contributed by atoms with Gasteiger partial charge in [0.25, 0.3) is 0 Å². The molecule has 4 rings (SSSR count). The summed E-state index contributed by atoms with van der Waals surface area (Å²) in [6.45, 7) is 0.275. The second kappa shape index (κ2) is 6.22. The van der Waals surface area contributed by atoms with Gasteiger partial charge >= 0.3 is 0 Å². The molecule has 0 radical (unpaired) electrons. The fraction of sp³-hybridized carbons (Fsp3) is 0.105. The maximum absolute atomic E-state index is 8.90. The summed E-state index contributed by atoms with van der Waals surface area (Å²) in [5, 5.41) is 10.1. The van der Waals surface area contributed by atoms with Crippen LogP contribution in [0.1, 0.15) is 0 Å². The van der Waals surface area contributed by atoms with Crippen LogP contribution >= 0.6 is 0 Å². The molecule has 5 nitrogen and oxygen atoms in total. The van der Waals surface area contributed by atoms with E-state index in [4.69, 9.17) is 9.84 Å². The smallest absolute Gasteiger partial charge is 0.144 e. The van der Waals surface area contributed by atoms with Gasteiger partial charge < -0.3 is 14.8 Å². The highest BCUT2D eigenvalue weighted by molar-refractivity contribution is 5.81. The number of imidazole rings is 1. The third-order valence-corrected chi connectivity index (χ3v) is 3.91. The highest BCUT2D eigenvalue weighted by Crippen LogP contribution is 2.26. The van der Waals surface area contributed by atoms with Crippen molar-refractivity contribution in [3.05, 3.63) is 67.1 Å². The molecule has 0 bridgehead atoms. The normalized spacial score (nSPS) is 11.0. The van der Waals surface area contributed by atoms with Gasteiger partial charge in [0.15, 0.2) is 0 Å². The zero-order valence-corrected chi connectivity index (χ0v) is 13.0. The fourth-order valence-corrected chi connectivity index (χ4v) is 2.80. The number of ether oxygens (including phenoxy) is 1. The molecule has 2 heterocycles. The minimum Gasteiger partial charge on any atom is -0.491 e. The van der Waals surface area contributed by atoms with Crippen LogP contribution in [0, 0.1) is 0 Å². The maximum atomic E-state index is 8.90. The van der Waals surface area contributed by atoms with Gasteiger partial charge in [-0.15, -0.1) is 0 Å². The second-order valence-corrected chi connectivity index (χ2v) is 5.47. The molecule has 0 aliphatic heterocycles. The van der Waals surface area contributed by atoms with Crippen LogP contribution in [0.25, 0.3) is 28.0 Å². The van der Waals surface area contributed by atoms with E-state index >= 15 is 0 Å². The molecule has 0 atom stereocenters. The molecule has 0 saturated heterocycles. The van der Waals surface area contributed by atoms with Crippen molar-refractivity contribution in [3.63, 3.8) is 0 Å². The Kier molecular flexibility index (Phi) is 3.76. The van der Waals surface area contributed by atoms with Crippen molar-refractivity contribution >= 4 is 10.9 Å². The molecular weight excluding hydrogens is 302 g/mol. The SMILES string of the molecule is OCCOc1cccc(-c2nccn2-c2ccc3[nH]ccc3c2)c1.